The summed E-state index contributed by atoms with van der Waals surface area (Å²) in [5.74, 6) is -0.341. The maximum atomic E-state index is 11.2. The van der Waals surface area contributed by atoms with Crippen LogP contribution in [0.1, 0.15) is 6.92 Å². The van der Waals surface area contributed by atoms with Crippen LogP contribution in [-0.2, 0) is 14.3 Å². The number of ether oxygens (including phenoxy) is 2. The van der Waals surface area contributed by atoms with Gasteiger partial charge in [0.2, 0.25) is 0 Å². The van der Waals surface area contributed by atoms with Crippen LogP contribution in [0.25, 0.3) is 0 Å². The zero-order valence-corrected chi connectivity index (χ0v) is 10.5. The fourth-order valence-electron chi connectivity index (χ4n) is 1.30. The highest BCUT2D eigenvalue weighted by molar-refractivity contribution is 5.85. The van der Waals surface area contributed by atoms with E-state index < -0.39 is 12.1 Å². The predicted octanol–water partition coefficient (Wildman–Crippen LogP) is 1.84. The highest BCUT2D eigenvalue weighted by Crippen LogP contribution is 2.14. The van der Waals surface area contributed by atoms with Crippen molar-refractivity contribution < 1.29 is 19.1 Å². The van der Waals surface area contributed by atoms with Gasteiger partial charge in [0.1, 0.15) is 6.04 Å². The Morgan fingerprint density at radius 1 is 1.06 bits per heavy atom. The first-order valence-corrected chi connectivity index (χ1v) is 5.36. The van der Waals surface area contributed by atoms with E-state index in [-0.39, 0.29) is 5.97 Å². The Morgan fingerprint density at radius 3 is 2.11 bits per heavy atom. The summed E-state index contributed by atoms with van der Waals surface area (Å²) in [7, 11) is 2.63. The second-order valence-electron chi connectivity index (χ2n) is 3.58. The number of anilines is 2. The van der Waals surface area contributed by atoms with Crippen LogP contribution in [0, 0.1) is 0 Å². The molecule has 0 aliphatic rings. The van der Waals surface area contributed by atoms with Crippen molar-refractivity contribution in [2.45, 2.75) is 13.0 Å². The van der Waals surface area contributed by atoms with Gasteiger partial charge >= 0.3 is 12.1 Å². The minimum absolute atomic E-state index is 0.341. The van der Waals surface area contributed by atoms with Crippen molar-refractivity contribution in [3.8, 4) is 0 Å². The van der Waals surface area contributed by atoms with E-state index in [1.165, 1.54) is 14.2 Å². The largest absolute Gasteiger partial charge is 0.467 e. The van der Waals surface area contributed by atoms with E-state index in [0.717, 1.165) is 5.69 Å². The predicted molar refractivity (Wildman–Crippen MR) is 67.6 cm³/mol. The molecular weight excluding hydrogens is 236 g/mol. The van der Waals surface area contributed by atoms with Crippen molar-refractivity contribution in [3.05, 3.63) is 24.3 Å². The van der Waals surface area contributed by atoms with Crippen LogP contribution < -0.4 is 10.6 Å². The van der Waals surface area contributed by atoms with Gasteiger partial charge in [-0.3, -0.25) is 5.32 Å². The second kappa shape index (κ2) is 6.48. The van der Waals surface area contributed by atoms with E-state index >= 15 is 0 Å². The lowest BCUT2D eigenvalue weighted by Gasteiger charge is -2.13. The average molecular weight is 252 g/mol. The molecular formula is C12H16N2O4. The fourth-order valence-corrected chi connectivity index (χ4v) is 1.30. The van der Waals surface area contributed by atoms with Gasteiger partial charge in [-0.25, -0.2) is 9.59 Å². The molecule has 1 rings (SSSR count). The van der Waals surface area contributed by atoms with E-state index in [0.29, 0.717) is 5.69 Å². The molecule has 0 aliphatic heterocycles. The van der Waals surface area contributed by atoms with Gasteiger partial charge in [-0.1, -0.05) is 0 Å². The third kappa shape index (κ3) is 3.97. The van der Waals surface area contributed by atoms with Crippen molar-refractivity contribution in [2.75, 3.05) is 24.9 Å². The van der Waals surface area contributed by atoms with Gasteiger partial charge < -0.3 is 14.8 Å². The fraction of sp³-hybridized carbons (Fsp3) is 0.333. The van der Waals surface area contributed by atoms with E-state index in [4.69, 9.17) is 0 Å². The molecule has 0 saturated carbocycles. The van der Waals surface area contributed by atoms with Crippen LogP contribution >= 0.6 is 0 Å². The Bertz CT molecular complexity index is 417. The van der Waals surface area contributed by atoms with Crippen molar-refractivity contribution >= 4 is 23.4 Å². The van der Waals surface area contributed by atoms with E-state index in [1.54, 1.807) is 31.2 Å². The molecule has 1 aromatic rings. The third-order valence-corrected chi connectivity index (χ3v) is 2.25. The SMILES string of the molecule is COC(=O)Nc1ccc(NC(C)C(=O)OC)cc1. The number of benzene rings is 1. The van der Waals surface area contributed by atoms with Crippen LogP contribution in [0.5, 0.6) is 0 Å². The van der Waals surface area contributed by atoms with Gasteiger partial charge in [0.15, 0.2) is 0 Å². The first-order valence-electron chi connectivity index (χ1n) is 5.36. The van der Waals surface area contributed by atoms with E-state index in [2.05, 4.69) is 20.1 Å². The number of carbonyl (C=O) groups is 2. The van der Waals surface area contributed by atoms with Crippen molar-refractivity contribution in [1.82, 2.24) is 0 Å². The molecule has 1 unspecified atom stereocenters. The van der Waals surface area contributed by atoms with Gasteiger partial charge in [0.25, 0.3) is 0 Å². The Morgan fingerprint density at radius 2 is 1.61 bits per heavy atom. The van der Waals surface area contributed by atoms with Crippen LogP contribution in [-0.4, -0.2) is 32.3 Å². The molecule has 0 radical (unpaired) electrons. The first-order chi connectivity index (χ1) is 8.56. The van der Waals surface area contributed by atoms with Crippen molar-refractivity contribution in [2.24, 2.45) is 0 Å². The minimum Gasteiger partial charge on any atom is -0.467 e. The maximum absolute atomic E-state index is 11.2. The topological polar surface area (TPSA) is 76.7 Å². The monoisotopic (exact) mass is 252 g/mol. The molecule has 6 heteroatoms. The van der Waals surface area contributed by atoms with Crippen LogP contribution in [0.4, 0.5) is 16.2 Å². The highest BCUT2D eigenvalue weighted by atomic mass is 16.5. The van der Waals surface area contributed by atoms with Gasteiger partial charge in [-0.05, 0) is 31.2 Å². The Balaban J connectivity index is 2.60. The van der Waals surface area contributed by atoms with Gasteiger partial charge in [-0.15, -0.1) is 0 Å². The number of carbonyl (C=O) groups excluding carboxylic acids is 2. The normalized spacial score (nSPS) is 11.3. The van der Waals surface area contributed by atoms with E-state index in [9.17, 15) is 9.59 Å². The molecule has 0 aliphatic carbocycles. The molecule has 98 valence electrons. The summed E-state index contributed by atoms with van der Waals surface area (Å²) in [5.41, 5.74) is 1.36. The van der Waals surface area contributed by atoms with Crippen LogP contribution in [0.3, 0.4) is 0 Å². The number of esters is 1. The number of amides is 1. The quantitative estimate of drug-likeness (QED) is 0.799. The van der Waals surface area contributed by atoms with Crippen LogP contribution in [0.15, 0.2) is 24.3 Å². The molecule has 6 nitrogen and oxygen atoms in total. The molecule has 0 aromatic heterocycles. The smallest absolute Gasteiger partial charge is 0.411 e. The molecule has 18 heavy (non-hydrogen) atoms. The van der Waals surface area contributed by atoms with Crippen molar-refractivity contribution in [1.29, 1.82) is 0 Å². The van der Waals surface area contributed by atoms with Gasteiger partial charge in [0.05, 0.1) is 14.2 Å². The van der Waals surface area contributed by atoms with Crippen molar-refractivity contribution in [3.63, 3.8) is 0 Å². The molecule has 2 N–H and O–H groups in total. The van der Waals surface area contributed by atoms with E-state index in [1.807, 2.05) is 0 Å². The summed E-state index contributed by atoms with van der Waals surface area (Å²) in [6, 6.07) is 6.44. The standard InChI is InChI=1S/C12H16N2O4/c1-8(11(15)17-2)13-9-4-6-10(7-5-9)14-12(16)18-3/h4-8,13H,1-3H3,(H,14,16). The summed E-state index contributed by atoms with van der Waals surface area (Å²) in [6.45, 7) is 1.70. The Hall–Kier alpha value is -2.24. The molecule has 1 atom stereocenters. The lowest BCUT2D eigenvalue weighted by molar-refractivity contribution is -0.141. The summed E-state index contributed by atoms with van der Waals surface area (Å²) in [5, 5.41) is 5.49. The van der Waals surface area contributed by atoms with Crippen LogP contribution in [0.2, 0.25) is 0 Å². The summed E-state index contributed by atoms with van der Waals surface area (Å²) in [4.78, 5) is 22.2. The maximum Gasteiger partial charge on any atom is 0.411 e. The molecule has 0 saturated heterocycles. The minimum atomic E-state index is -0.529. The molecule has 1 aromatic carbocycles. The zero-order valence-electron chi connectivity index (χ0n) is 10.5. The lowest BCUT2D eigenvalue weighted by Crippen LogP contribution is -2.27. The summed E-state index contributed by atoms with van der Waals surface area (Å²) >= 11 is 0. The summed E-state index contributed by atoms with van der Waals surface area (Å²) < 4.78 is 9.07. The van der Waals surface area contributed by atoms with Gasteiger partial charge in [-0.2, -0.15) is 0 Å². The molecule has 1 amide bonds. The number of hydrogen-bond acceptors (Lipinski definition) is 5. The average Bonchev–Trinajstić information content (AvgIpc) is 2.39. The second-order valence-corrected chi connectivity index (χ2v) is 3.58. The molecule has 0 bridgehead atoms. The summed E-state index contributed by atoms with van der Waals surface area (Å²) in [6.07, 6.45) is -0.529. The number of methoxy groups -OCH3 is 2. The third-order valence-electron chi connectivity index (χ3n) is 2.25. The Kier molecular flexibility index (Phi) is 4.98. The molecule has 0 spiro atoms. The lowest BCUT2D eigenvalue weighted by atomic mass is 10.2. The highest BCUT2D eigenvalue weighted by Gasteiger charge is 2.12. The number of nitrogens with one attached hydrogen (secondary N) is 2. The number of hydrogen-bond donors (Lipinski definition) is 2. The zero-order chi connectivity index (χ0) is 13.5. The number of rotatable bonds is 4. The van der Waals surface area contributed by atoms with Gasteiger partial charge in [0, 0.05) is 11.4 Å². The molecule has 0 heterocycles. The Labute approximate surface area is 105 Å². The first kappa shape index (κ1) is 13.8. The molecule has 0 fully saturated rings.